The van der Waals surface area contributed by atoms with Crippen molar-refractivity contribution in [2.24, 2.45) is 4.99 Å². The Morgan fingerprint density at radius 1 is 0.532 bits per heavy atom. The Balaban J connectivity index is 1.37. The van der Waals surface area contributed by atoms with Crippen LogP contribution in [0.5, 0.6) is 0 Å². The van der Waals surface area contributed by atoms with E-state index in [1.165, 1.54) is 6.92 Å². The topological polar surface area (TPSA) is 329 Å². The molecule has 5 aliphatic heterocycles. The van der Waals surface area contributed by atoms with Crippen molar-refractivity contribution in [1.29, 1.82) is 0 Å². The lowest BCUT2D eigenvalue weighted by Crippen LogP contribution is -2.66. The molecule has 0 aliphatic carbocycles. The quantitative estimate of drug-likeness (QED) is 0.101. The zero-order chi connectivity index (χ0) is 34.3. The van der Waals surface area contributed by atoms with Gasteiger partial charge in [0, 0.05) is 6.92 Å². The Hall–Kier alpha value is -1.29. The molecule has 0 aromatic heterocycles. The molecule has 0 bridgehead atoms. The molecule has 21 heteroatoms. The van der Waals surface area contributed by atoms with Crippen molar-refractivity contribution < 1.29 is 99.2 Å². The average Bonchev–Trinajstić information content (AvgIpc) is 3.44. The fraction of sp³-hybridized carbons (Fsp3) is 0.962. The minimum atomic E-state index is -1.96. The van der Waals surface area contributed by atoms with Gasteiger partial charge < -0.3 is 99.2 Å². The third-order valence-corrected chi connectivity index (χ3v) is 8.78. The second kappa shape index (κ2) is 15.3. The molecule has 5 aliphatic rings. The van der Waals surface area contributed by atoms with Gasteiger partial charge in [0.1, 0.15) is 97.6 Å². The maximum absolute atomic E-state index is 11.3. The molecular weight excluding hydrogens is 646 g/mol. The van der Waals surface area contributed by atoms with E-state index in [0.717, 1.165) is 0 Å². The molecule has 20 atom stereocenters. The van der Waals surface area contributed by atoms with Crippen molar-refractivity contribution in [3.8, 4) is 0 Å². The zero-order valence-corrected chi connectivity index (χ0v) is 25.0. The first-order valence-electron chi connectivity index (χ1n) is 15.0. The number of nitrogens with zero attached hydrogens (tertiary/aromatic N) is 1. The van der Waals surface area contributed by atoms with Gasteiger partial charge in [0.15, 0.2) is 24.8 Å². The van der Waals surface area contributed by atoms with E-state index in [-0.39, 0.29) is 5.90 Å². The largest absolute Gasteiger partial charge is 0.450 e. The van der Waals surface area contributed by atoms with Crippen molar-refractivity contribution in [2.45, 2.75) is 130 Å². The Labute approximate surface area is 266 Å². The SMILES string of the molecule is CC1=NC2[C@@H](O1)OC(CO)[C@@H](O[C@@H]1OC(CO[C@H]3OC(CO)[C@@H](O)[C@H](O)C3O)[C@@H](O)[C@H](O[C@@H]3OC(CO)[C@H](O)C(O)[C@@H]3O)C1O)[C@@H]2O. The zero-order valence-electron chi connectivity index (χ0n) is 25.0. The Morgan fingerprint density at radius 3 is 1.64 bits per heavy atom. The lowest BCUT2D eigenvalue weighted by atomic mass is 9.95. The molecular formula is C26H43NO20. The fourth-order valence-electron chi connectivity index (χ4n) is 6.06. The van der Waals surface area contributed by atoms with Gasteiger partial charge in [0.25, 0.3) is 0 Å². The van der Waals surface area contributed by atoms with Crippen molar-refractivity contribution in [1.82, 2.24) is 0 Å². The average molecular weight is 690 g/mol. The Morgan fingerprint density at radius 2 is 1.04 bits per heavy atom. The van der Waals surface area contributed by atoms with Crippen molar-refractivity contribution in [3.05, 3.63) is 0 Å². The molecule has 4 fully saturated rings. The van der Waals surface area contributed by atoms with E-state index in [1.54, 1.807) is 0 Å². The van der Waals surface area contributed by atoms with Gasteiger partial charge in [-0.25, -0.2) is 4.99 Å². The molecule has 0 aromatic rings. The second-order valence-electron chi connectivity index (χ2n) is 11.9. The molecule has 0 aromatic carbocycles. The smallest absolute Gasteiger partial charge is 0.227 e. The fourth-order valence-corrected chi connectivity index (χ4v) is 6.06. The molecule has 5 rings (SSSR count). The predicted molar refractivity (Wildman–Crippen MR) is 144 cm³/mol. The summed E-state index contributed by atoms with van der Waals surface area (Å²) >= 11 is 0. The van der Waals surface area contributed by atoms with Crippen LogP contribution >= 0.6 is 0 Å². The van der Waals surface area contributed by atoms with E-state index >= 15 is 0 Å². The van der Waals surface area contributed by atoms with Crippen LogP contribution in [0.4, 0.5) is 0 Å². The van der Waals surface area contributed by atoms with Gasteiger partial charge in [-0.2, -0.15) is 0 Å². The van der Waals surface area contributed by atoms with Gasteiger partial charge in [0.05, 0.1) is 26.4 Å². The maximum atomic E-state index is 11.3. The van der Waals surface area contributed by atoms with Crippen LogP contribution in [0.3, 0.4) is 0 Å². The molecule has 47 heavy (non-hydrogen) atoms. The van der Waals surface area contributed by atoms with E-state index in [4.69, 9.17) is 37.9 Å². The second-order valence-corrected chi connectivity index (χ2v) is 11.9. The number of ether oxygens (including phenoxy) is 8. The van der Waals surface area contributed by atoms with Gasteiger partial charge >= 0.3 is 0 Å². The Kier molecular flexibility index (Phi) is 12.0. The summed E-state index contributed by atoms with van der Waals surface area (Å²) in [5.41, 5.74) is 0. The highest BCUT2D eigenvalue weighted by molar-refractivity contribution is 5.75. The van der Waals surface area contributed by atoms with E-state index in [2.05, 4.69) is 4.99 Å². The third kappa shape index (κ3) is 7.30. The normalized spacial score (nSPS) is 52.1. The van der Waals surface area contributed by atoms with Gasteiger partial charge in [0.2, 0.25) is 6.29 Å². The van der Waals surface area contributed by atoms with Crippen LogP contribution in [0.15, 0.2) is 4.99 Å². The third-order valence-electron chi connectivity index (χ3n) is 8.78. The summed E-state index contributed by atoms with van der Waals surface area (Å²) in [5, 5.41) is 124. The molecule has 8 unspecified atom stereocenters. The van der Waals surface area contributed by atoms with Crippen LogP contribution in [-0.2, 0) is 37.9 Å². The van der Waals surface area contributed by atoms with Gasteiger partial charge in [-0.3, -0.25) is 0 Å². The van der Waals surface area contributed by atoms with Crippen LogP contribution in [0, 0.1) is 0 Å². The predicted octanol–water partition coefficient (Wildman–Crippen LogP) is -8.28. The summed E-state index contributed by atoms with van der Waals surface area (Å²) in [6.45, 7) is -1.41. The van der Waals surface area contributed by atoms with Crippen molar-refractivity contribution in [3.63, 3.8) is 0 Å². The highest BCUT2D eigenvalue weighted by Crippen LogP contribution is 2.35. The molecule has 4 saturated heterocycles. The van der Waals surface area contributed by atoms with E-state index < -0.39 is 149 Å². The number of fused-ring (bicyclic) bond motifs is 1. The molecule has 21 nitrogen and oxygen atoms in total. The summed E-state index contributed by atoms with van der Waals surface area (Å²) < 4.78 is 44.6. The molecule has 0 radical (unpaired) electrons. The minimum Gasteiger partial charge on any atom is -0.450 e. The molecule has 0 saturated carbocycles. The first-order valence-corrected chi connectivity index (χ1v) is 15.0. The highest BCUT2D eigenvalue weighted by Gasteiger charge is 2.55. The monoisotopic (exact) mass is 689 g/mol. The number of aliphatic imine (C=N–C) groups is 1. The van der Waals surface area contributed by atoms with Crippen LogP contribution in [0.2, 0.25) is 0 Å². The first kappa shape index (κ1) is 37.0. The summed E-state index contributed by atoms with van der Waals surface area (Å²) in [7, 11) is 0. The molecule has 0 spiro atoms. The van der Waals surface area contributed by atoms with Gasteiger partial charge in [-0.05, 0) is 0 Å². The molecule has 12 N–H and O–H groups in total. The summed E-state index contributed by atoms with van der Waals surface area (Å²) in [5.74, 6) is 0.201. The summed E-state index contributed by atoms with van der Waals surface area (Å²) in [6, 6.07) is -0.986. The van der Waals surface area contributed by atoms with Crippen molar-refractivity contribution in [2.75, 3.05) is 26.4 Å². The van der Waals surface area contributed by atoms with Crippen LogP contribution in [0.1, 0.15) is 6.92 Å². The lowest BCUT2D eigenvalue weighted by molar-refractivity contribution is -0.378. The number of hydrogen-bond donors (Lipinski definition) is 12. The standard InChI is InChI=1S/C26H43NO20/c1-6-27-11-15(34)21(9(4-30)44-23(11)41-6)46-26-20(39)22(47-25-19(38)17(36)13(32)8(3-29)43-25)14(33)10(45-26)5-40-24-18(37)16(35)12(31)7(2-28)42-24/h7-26,28-39H,2-5H2,1H3/t7?,8?,9?,10?,11?,12-,13+,14-,15-,16+,17?,18?,19+,20?,21-,22+,23+,24+,25+,26+/m1/s1. The number of rotatable bonds is 10. The molecule has 5 heterocycles. The highest BCUT2D eigenvalue weighted by atomic mass is 16.8. The van der Waals surface area contributed by atoms with Crippen LogP contribution < -0.4 is 0 Å². The summed E-state index contributed by atoms with van der Waals surface area (Å²) in [6.07, 6.45) is -31.3. The van der Waals surface area contributed by atoms with Gasteiger partial charge in [-0.15, -0.1) is 0 Å². The van der Waals surface area contributed by atoms with Crippen LogP contribution in [-0.4, -0.2) is 216 Å². The van der Waals surface area contributed by atoms with E-state index in [0.29, 0.717) is 0 Å². The number of aliphatic hydroxyl groups is 12. The first-order chi connectivity index (χ1) is 22.3. The molecule has 272 valence electrons. The Bertz CT molecular complexity index is 1050. The lowest BCUT2D eigenvalue weighted by Gasteiger charge is -2.48. The van der Waals surface area contributed by atoms with Crippen molar-refractivity contribution >= 4 is 5.90 Å². The van der Waals surface area contributed by atoms with E-state index in [9.17, 15) is 61.3 Å². The minimum absolute atomic E-state index is 0.201. The summed E-state index contributed by atoms with van der Waals surface area (Å²) in [4.78, 5) is 4.16. The van der Waals surface area contributed by atoms with Crippen LogP contribution in [0.25, 0.3) is 0 Å². The van der Waals surface area contributed by atoms with E-state index in [1.807, 2.05) is 0 Å². The number of hydrogen-bond acceptors (Lipinski definition) is 21. The number of aliphatic hydroxyl groups excluding tert-OH is 12. The maximum Gasteiger partial charge on any atom is 0.227 e. The molecule has 0 amide bonds. The van der Waals surface area contributed by atoms with Gasteiger partial charge in [-0.1, -0.05) is 0 Å².